The van der Waals surface area contributed by atoms with Crippen LogP contribution in [-0.4, -0.2) is 68.1 Å². The Kier molecular flexibility index (Phi) is 5.82. The summed E-state index contributed by atoms with van der Waals surface area (Å²) in [4.78, 5) is 12.8. The van der Waals surface area contributed by atoms with Gasteiger partial charge >= 0.3 is 21.6 Å². The predicted octanol–water partition coefficient (Wildman–Crippen LogP) is 2.50. The molecule has 1 aromatic carbocycles. The van der Waals surface area contributed by atoms with E-state index in [2.05, 4.69) is 4.18 Å². The zero-order chi connectivity index (χ0) is 24.4. The summed E-state index contributed by atoms with van der Waals surface area (Å²) >= 11 is 0. The fourth-order valence-corrected chi connectivity index (χ4v) is 4.86. The van der Waals surface area contributed by atoms with Crippen molar-refractivity contribution in [1.29, 1.82) is 0 Å². The van der Waals surface area contributed by atoms with E-state index in [0.29, 0.717) is 0 Å². The van der Waals surface area contributed by atoms with Gasteiger partial charge in [-0.3, -0.25) is 4.18 Å². The van der Waals surface area contributed by atoms with Crippen LogP contribution in [0.1, 0.15) is 38.1 Å². The second-order valence-electron chi connectivity index (χ2n) is 8.83. The number of carbonyl (C=O) groups excluding carboxylic acids is 1. The van der Waals surface area contributed by atoms with Gasteiger partial charge in [-0.2, -0.15) is 21.6 Å². The van der Waals surface area contributed by atoms with E-state index in [4.69, 9.17) is 23.7 Å². The highest BCUT2D eigenvalue weighted by molar-refractivity contribution is 7.87. The van der Waals surface area contributed by atoms with Crippen molar-refractivity contribution in [3.63, 3.8) is 0 Å². The van der Waals surface area contributed by atoms with Crippen LogP contribution in [0, 0.1) is 0 Å². The molecular formula is C20H23F3O9S. The highest BCUT2D eigenvalue weighted by Crippen LogP contribution is 2.47. The number of hydrogen-bond donors (Lipinski definition) is 0. The number of ether oxygens (including phenoxy) is 5. The summed E-state index contributed by atoms with van der Waals surface area (Å²) in [6, 6.07) is 8.01. The maximum Gasteiger partial charge on any atom is 0.523 e. The smallest absolute Gasteiger partial charge is 0.453 e. The van der Waals surface area contributed by atoms with E-state index in [-0.39, 0.29) is 5.56 Å². The van der Waals surface area contributed by atoms with E-state index in [1.807, 2.05) is 0 Å². The molecule has 1 saturated carbocycles. The van der Waals surface area contributed by atoms with Gasteiger partial charge in [0.2, 0.25) is 0 Å². The van der Waals surface area contributed by atoms with Crippen LogP contribution in [0.4, 0.5) is 13.2 Å². The summed E-state index contributed by atoms with van der Waals surface area (Å²) in [6.45, 7) is 5.94. The predicted molar refractivity (Wildman–Crippen MR) is 103 cm³/mol. The van der Waals surface area contributed by atoms with Crippen LogP contribution < -0.4 is 0 Å². The first kappa shape index (κ1) is 24.4. The molecule has 6 atom stereocenters. The van der Waals surface area contributed by atoms with Crippen molar-refractivity contribution in [2.45, 2.75) is 81.4 Å². The normalized spacial score (nSPS) is 35.0. The van der Waals surface area contributed by atoms with Gasteiger partial charge in [0.05, 0.1) is 5.56 Å². The molecule has 0 aromatic heterocycles. The third kappa shape index (κ3) is 4.62. The second kappa shape index (κ2) is 7.89. The van der Waals surface area contributed by atoms with Crippen LogP contribution in [0.25, 0.3) is 0 Å². The van der Waals surface area contributed by atoms with E-state index in [9.17, 15) is 26.4 Å². The van der Waals surface area contributed by atoms with Crippen LogP contribution >= 0.6 is 0 Å². The quantitative estimate of drug-likeness (QED) is 0.353. The third-order valence-corrected chi connectivity index (χ3v) is 6.44. The Morgan fingerprint density at radius 2 is 1.27 bits per heavy atom. The Hall–Kier alpha value is -1.77. The van der Waals surface area contributed by atoms with Gasteiger partial charge in [-0.25, -0.2) is 4.79 Å². The van der Waals surface area contributed by atoms with Gasteiger partial charge in [0.25, 0.3) is 0 Å². The summed E-state index contributed by atoms with van der Waals surface area (Å²) in [5, 5.41) is 0. The molecule has 0 bridgehead atoms. The van der Waals surface area contributed by atoms with Crippen molar-refractivity contribution in [3.8, 4) is 0 Å². The zero-order valence-electron chi connectivity index (χ0n) is 18.1. The van der Waals surface area contributed by atoms with Crippen molar-refractivity contribution in [3.05, 3.63) is 35.9 Å². The molecule has 0 amide bonds. The summed E-state index contributed by atoms with van der Waals surface area (Å²) < 4.78 is 96.3. The summed E-state index contributed by atoms with van der Waals surface area (Å²) in [5.41, 5.74) is -5.45. The van der Waals surface area contributed by atoms with Crippen molar-refractivity contribution in [2.75, 3.05) is 0 Å². The SMILES string of the molecule is CC1(C)O[C@@H]2C(OC(=O)c3ccccc3)[C@@H]3OC(C)(C)O[C@H]3C(OS(=O)(=O)C(F)(F)F)[C@@H]2O1. The number of hydrogen-bond acceptors (Lipinski definition) is 9. The number of carbonyl (C=O) groups is 1. The molecule has 1 aromatic rings. The number of halogens is 3. The summed E-state index contributed by atoms with van der Waals surface area (Å²) in [6.07, 6.45) is -8.10. The molecule has 2 saturated heterocycles. The number of benzene rings is 1. The maximum atomic E-state index is 13.1. The minimum atomic E-state index is -6.01. The molecule has 0 N–H and O–H groups in total. The van der Waals surface area contributed by atoms with E-state index in [1.165, 1.54) is 39.8 Å². The molecule has 3 aliphatic rings. The summed E-state index contributed by atoms with van der Waals surface area (Å²) in [7, 11) is -6.01. The van der Waals surface area contributed by atoms with Crippen LogP contribution in [0.2, 0.25) is 0 Å². The van der Waals surface area contributed by atoms with Crippen LogP contribution in [0.3, 0.4) is 0 Å². The molecule has 9 nitrogen and oxygen atoms in total. The summed E-state index contributed by atoms with van der Waals surface area (Å²) in [5.74, 6) is -3.42. The van der Waals surface area contributed by atoms with Gasteiger partial charge in [0.15, 0.2) is 17.7 Å². The molecule has 0 radical (unpaired) electrons. The molecule has 0 spiro atoms. The maximum absolute atomic E-state index is 13.1. The lowest BCUT2D eigenvalue weighted by Crippen LogP contribution is -2.64. The molecule has 3 fully saturated rings. The molecule has 2 aliphatic heterocycles. The Labute approximate surface area is 188 Å². The van der Waals surface area contributed by atoms with E-state index in [0.717, 1.165) is 0 Å². The molecule has 2 unspecified atom stereocenters. The van der Waals surface area contributed by atoms with E-state index < -0.39 is 69.8 Å². The van der Waals surface area contributed by atoms with Crippen LogP contribution in [0.15, 0.2) is 30.3 Å². The van der Waals surface area contributed by atoms with Crippen molar-refractivity contribution in [2.24, 2.45) is 0 Å². The van der Waals surface area contributed by atoms with E-state index >= 15 is 0 Å². The van der Waals surface area contributed by atoms with Crippen molar-refractivity contribution < 1.29 is 54.3 Å². The number of fused-ring (bicyclic) bond motifs is 2. The lowest BCUT2D eigenvalue weighted by Gasteiger charge is -2.41. The fraction of sp³-hybridized carbons (Fsp3) is 0.650. The molecule has 13 heteroatoms. The second-order valence-corrected chi connectivity index (χ2v) is 10.4. The standard InChI is InChI=1S/C20H23F3O9S/c1-18(2)28-12-11(27-17(24)10-8-6-5-7-9-10)13-15(31-19(3,4)29-13)16(14(12)30-18)32-33(25,26)20(21,22)23/h5-9,11-16H,1-4H3/t11?,12-,13+,14-,15-,16?/m1/s1. The lowest BCUT2D eigenvalue weighted by atomic mass is 9.85. The molecule has 1 aliphatic carbocycles. The van der Waals surface area contributed by atoms with Gasteiger partial charge in [-0.1, -0.05) is 18.2 Å². The fourth-order valence-electron chi connectivity index (χ4n) is 4.23. The van der Waals surface area contributed by atoms with Gasteiger partial charge in [-0.15, -0.1) is 0 Å². The van der Waals surface area contributed by atoms with Gasteiger partial charge in [0, 0.05) is 0 Å². The number of alkyl halides is 3. The number of esters is 1. The first-order valence-electron chi connectivity index (χ1n) is 10.1. The largest absolute Gasteiger partial charge is 0.523 e. The minimum Gasteiger partial charge on any atom is -0.453 e. The Morgan fingerprint density at radius 1 is 0.848 bits per heavy atom. The van der Waals surface area contributed by atoms with Crippen LogP contribution in [-0.2, 0) is 38.0 Å². The average molecular weight is 496 g/mol. The van der Waals surface area contributed by atoms with Gasteiger partial charge in [0.1, 0.15) is 30.5 Å². The molecule has 2 heterocycles. The van der Waals surface area contributed by atoms with Gasteiger partial charge in [-0.05, 0) is 39.8 Å². The topological polar surface area (TPSA) is 107 Å². The average Bonchev–Trinajstić information content (AvgIpc) is 3.19. The molecule has 4 rings (SSSR count). The monoisotopic (exact) mass is 496 g/mol. The lowest BCUT2D eigenvalue weighted by molar-refractivity contribution is -0.182. The van der Waals surface area contributed by atoms with Gasteiger partial charge < -0.3 is 23.7 Å². The third-order valence-electron chi connectivity index (χ3n) is 5.40. The molecule has 184 valence electrons. The Morgan fingerprint density at radius 3 is 1.70 bits per heavy atom. The van der Waals surface area contributed by atoms with Crippen molar-refractivity contribution >= 4 is 16.1 Å². The van der Waals surface area contributed by atoms with Crippen LogP contribution in [0.5, 0.6) is 0 Å². The number of rotatable bonds is 4. The Bertz CT molecular complexity index is 977. The minimum absolute atomic E-state index is 0.222. The highest BCUT2D eigenvalue weighted by atomic mass is 32.2. The first-order valence-corrected chi connectivity index (χ1v) is 11.5. The first-order chi connectivity index (χ1) is 15.1. The highest BCUT2D eigenvalue weighted by Gasteiger charge is 2.67. The van der Waals surface area contributed by atoms with Crippen molar-refractivity contribution in [1.82, 2.24) is 0 Å². The Balaban J connectivity index is 1.71. The van der Waals surface area contributed by atoms with E-state index in [1.54, 1.807) is 18.2 Å². The molecular weight excluding hydrogens is 473 g/mol. The zero-order valence-corrected chi connectivity index (χ0v) is 18.9. The molecule has 33 heavy (non-hydrogen) atoms.